The second-order valence-electron chi connectivity index (χ2n) is 7.55. The van der Waals surface area contributed by atoms with Crippen molar-refractivity contribution in [2.75, 3.05) is 19.6 Å². The monoisotopic (exact) mass is 364 g/mol. The maximum Gasteiger partial charge on any atom is 0.273 e. The average Bonchev–Trinajstić information content (AvgIpc) is 3.07. The quantitative estimate of drug-likeness (QED) is 0.742. The van der Waals surface area contributed by atoms with Crippen LogP contribution in [-0.4, -0.2) is 45.5 Å². The van der Waals surface area contributed by atoms with Crippen LogP contribution in [0.2, 0.25) is 0 Å². The maximum absolute atomic E-state index is 12.7. The van der Waals surface area contributed by atoms with Gasteiger partial charge in [0, 0.05) is 29.7 Å². The molecule has 1 fully saturated rings. The van der Waals surface area contributed by atoms with Gasteiger partial charge in [0.2, 0.25) is 0 Å². The molecule has 7 nitrogen and oxygen atoms in total. The van der Waals surface area contributed by atoms with E-state index in [9.17, 15) is 4.79 Å². The minimum Gasteiger partial charge on any atom is -0.350 e. The summed E-state index contributed by atoms with van der Waals surface area (Å²) in [5.74, 6) is -0.166. The molecule has 1 saturated heterocycles. The molecular weight excluding hydrogens is 340 g/mol. The van der Waals surface area contributed by atoms with E-state index in [2.05, 4.69) is 32.9 Å². The molecule has 0 aliphatic carbocycles. The fourth-order valence-electron chi connectivity index (χ4n) is 3.64. The molecule has 0 spiro atoms. The van der Waals surface area contributed by atoms with E-state index in [0.717, 1.165) is 48.1 Å². The number of fused-ring (bicyclic) bond motifs is 1. The van der Waals surface area contributed by atoms with Gasteiger partial charge < -0.3 is 10.6 Å². The molecule has 1 aliphatic rings. The van der Waals surface area contributed by atoms with Gasteiger partial charge in [0.25, 0.3) is 5.91 Å². The van der Waals surface area contributed by atoms with Gasteiger partial charge >= 0.3 is 0 Å². The minimum atomic E-state index is -0.166. The van der Waals surface area contributed by atoms with E-state index in [1.165, 1.54) is 0 Å². The molecule has 2 aromatic heterocycles. The van der Waals surface area contributed by atoms with Crippen LogP contribution in [0.4, 0.5) is 0 Å². The molecule has 3 heterocycles. The van der Waals surface area contributed by atoms with Crippen LogP contribution in [0.25, 0.3) is 16.5 Å². The normalized spacial score (nSPS) is 16.4. The molecule has 140 valence electrons. The number of hydrogen-bond donors (Lipinski definition) is 2. The van der Waals surface area contributed by atoms with Gasteiger partial charge in [-0.1, -0.05) is 24.3 Å². The Morgan fingerprint density at radius 3 is 2.93 bits per heavy atom. The summed E-state index contributed by atoms with van der Waals surface area (Å²) in [7, 11) is 0. The van der Waals surface area contributed by atoms with Gasteiger partial charge in [-0.25, -0.2) is 4.68 Å². The maximum atomic E-state index is 12.7. The number of nitrogens with one attached hydrogen (secondary N) is 2. The van der Waals surface area contributed by atoms with Crippen LogP contribution in [0.5, 0.6) is 0 Å². The van der Waals surface area contributed by atoms with Crippen molar-refractivity contribution in [3.8, 4) is 5.69 Å². The first-order chi connectivity index (χ1) is 13.1. The first-order valence-electron chi connectivity index (χ1n) is 9.32. The molecule has 2 N–H and O–H groups in total. The minimum absolute atomic E-state index is 0.132. The summed E-state index contributed by atoms with van der Waals surface area (Å²) < 4.78 is 1.73. The number of aromatic nitrogens is 4. The van der Waals surface area contributed by atoms with Gasteiger partial charge in [0.05, 0.1) is 11.4 Å². The lowest BCUT2D eigenvalue weighted by Gasteiger charge is -2.34. The first kappa shape index (κ1) is 17.6. The SMILES string of the molecule is Cc1c(C(=O)NCC2(C)CCNCC2)nnn1-c1cccc2cnccc12. The third-order valence-electron chi connectivity index (χ3n) is 5.48. The molecule has 1 amide bonds. The third-order valence-corrected chi connectivity index (χ3v) is 5.48. The highest BCUT2D eigenvalue weighted by molar-refractivity contribution is 5.94. The molecule has 27 heavy (non-hydrogen) atoms. The number of carbonyl (C=O) groups is 1. The lowest BCUT2D eigenvalue weighted by Crippen LogP contribution is -2.43. The fourth-order valence-corrected chi connectivity index (χ4v) is 3.64. The van der Waals surface area contributed by atoms with Crippen LogP contribution in [0.1, 0.15) is 35.9 Å². The van der Waals surface area contributed by atoms with Crippen molar-refractivity contribution in [1.29, 1.82) is 0 Å². The molecule has 0 atom stereocenters. The Balaban J connectivity index is 1.57. The Labute approximate surface area is 158 Å². The smallest absolute Gasteiger partial charge is 0.273 e. The van der Waals surface area contributed by atoms with Gasteiger partial charge in [-0.3, -0.25) is 9.78 Å². The van der Waals surface area contributed by atoms with Gasteiger partial charge in [-0.15, -0.1) is 5.10 Å². The van der Waals surface area contributed by atoms with Gasteiger partial charge in [-0.05, 0) is 50.4 Å². The van der Waals surface area contributed by atoms with Crippen LogP contribution >= 0.6 is 0 Å². The Bertz CT molecular complexity index is 968. The number of carbonyl (C=O) groups excluding carboxylic acids is 1. The predicted molar refractivity (Wildman–Crippen MR) is 104 cm³/mol. The number of hydrogen-bond acceptors (Lipinski definition) is 5. The summed E-state index contributed by atoms with van der Waals surface area (Å²) in [5, 5.41) is 16.9. The zero-order chi connectivity index (χ0) is 18.9. The Morgan fingerprint density at radius 2 is 2.11 bits per heavy atom. The molecule has 0 radical (unpaired) electrons. The van der Waals surface area contributed by atoms with E-state index in [-0.39, 0.29) is 11.3 Å². The van der Waals surface area contributed by atoms with Crippen molar-refractivity contribution in [1.82, 2.24) is 30.6 Å². The second-order valence-corrected chi connectivity index (χ2v) is 7.55. The lowest BCUT2D eigenvalue weighted by atomic mass is 9.81. The molecule has 0 saturated carbocycles. The molecule has 1 aromatic carbocycles. The van der Waals surface area contributed by atoms with Gasteiger partial charge in [0.15, 0.2) is 5.69 Å². The predicted octanol–water partition coefficient (Wildman–Crippen LogP) is 2.24. The standard InChI is InChI=1S/C20H24N6O/c1-14-18(19(27)23-13-20(2)7-10-21-11-8-20)24-25-26(14)17-5-3-4-15-12-22-9-6-16(15)17/h3-6,9,12,21H,7-8,10-11,13H2,1-2H3,(H,23,27). The van der Waals surface area contributed by atoms with E-state index in [0.29, 0.717) is 12.2 Å². The number of rotatable bonds is 4. The van der Waals surface area contributed by atoms with E-state index in [1.807, 2.05) is 37.4 Å². The van der Waals surface area contributed by atoms with Gasteiger partial charge in [0.1, 0.15) is 0 Å². The van der Waals surface area contributed by atoms with E-state index in [1.54, 1.807) is 10.9 Å². The number of benzene rings is 1. The van der Waals surface area contributed by atoms with E-state index >= 15 is 0 Å². The van der Waals surface area contributed by atoms with Gasteiger partial charge in [-0.2, -0.15) is 0 Å². The third kappa shape index (κ3) is 3.42. The van der Waals surface area contributed by atoms with Crippen LogP contribution in [0.15, 0.2) is 36.7 Å². The Hall–Kier alpha value is -2.80. The average molecular weight is 364 g/mol. The molecule has 7 heteroatoms. The number of nitrogens with zero attached hydrogens (tertiary/aromatic N) is 4. The summed E-state index contributed by atoms with van der Waals surface area (Å²) in [6.07, 6.45) is 5.69. The first-order valence-corrected chi connectivity index (χ1v) is 9.32. The molecule has 4 rings (SSSR count). The zero-order valence-electron chi connectivity index (χ0n) is 15.7. The summed E-state index contributed by atoms with van der Waals surface area (Å²) in [6, 6.07) is 7.88. The summed E-state index contributed by atoms with van der Waals surface area (Å²) in [4.78, 5) is 16.9. The van der Waals surface area contributed by atoms with E-state index in [4.69, 9.17) is 0 Å². The van der Waals surface area contributed by atoms with Crippen molar-refractivity contribution in [3.63, 3.8) is 0 Å². The number of amides is 1. The highest BCUT2D eigenvalue weighted by atomic mass is 16.2. The molecule has 0 unspecified atom stereocenters. The van der Waals surface area contributed by atoms with Crippen molar-refractivity contribution >= 4 is 16.7 Å². The van der Waals surface area contributed by atoms with Crippen molar-refractivity contribution in [2.24, 2.45) is 5.41 Å². The van der Waals surface area contributed by atoms with Crippen LogP contribution in [-0.2, 0) is 0 Å². The topological polar surface area (TPSA) is 84.7 Å². The largest absolute Gasteiger partial charge is 0.350 e. The van der Waals surface area contributed by atoms with Crippen LogP contribution in [0.3, 0.4) is 0 Å². The van der Waals surface area contributed by atoms with E-state index < -0.39 is 0 Å². The summed E-state index contributed by atoms with van der Waals surface area (Å²) >= 11 is 0. The van der Waals surface area contributed by atoms with Crippen LogP contribution < -0.4 is 10.6 Å². The summed E-state index contributed by atoms with van der Waals surface area (Å²) in [5.41, 5.74) is 2.13. The van der Waals surface area contributed by atoms with Crippen molar-refractivity contribution in [3.05, 3.63) is 48.0 Å². The highest BCUT2D eigenvalue weighted by Crippen LogP contribution is 2.27. The second kappa shape index (κ2) is 7.08. The number of pyridine rings is 1. The highest BCUT2D eigenvalue weighted by Gasteiger charge is 2.28. The molecule has 0 bridgehead atoms. The molecule has 1 aliphatic heterocycles. The molecule has 3 aromatic rings. The fraction of sp³-hybridized carbons (Fsp3) is 0.400. The Kier molecular flexibility index (Phi) is 4.61. The zero-order valence-corrected chi connectivity index (χ0v) is 15.7. The van der Waals surface area contributed by atoms with Crippen molar-refractivity contribution in [2.45, 2.75) is 26.7 Å². The van der Waals surface area contributed by atoms with Crippen LogP contribution in [0, 0.1) is 12.3 Å². The number of piperidine rings is 1. The summed E-state index contributed by atoms with van der Waals surface area (Å²) in [6.45, 7) is 6.75. The lowest BCUT2D eigenvalue weighted by molar-refractivity contribution is 0.0916. The Morgan fingerprint density at radius 1 is 1.30 bits per heavy atom. The van der Waals surface area contributed by atoms with Crippen molar-refractivity contribution < 1.29 is 4.79 Å². The molecular formula is C20H24N6O.